The molecule has 1 N–H and O–H groups in total. The summed E-state index contributed by atoms with van der Waals surface area (Å²) in [5, 5.41) is 8.15. The van der Waals surface area contributed by atoms with Crippen LogP contribution in [0.15, 0.2) is 33.8 Å². The third-order valence-corrected chi connectivity index (χ3v) is 5.94. The van der Waals surface area contributed by atoms with Crippen molar-refractivity contribution in [3.05, 3.63) is 35.2 Å². The molecule has 4 rings (SSSR count). The SMILES string of the molecule is CN=C(NCCc1nc(-c2ccc(Cl)cc2)no1)N1CCC(OCC2CCCO2)CC1.I. The van der Waals surface area contributed by atoms with Crippen molar-refractivity contribution in [3.8, 4) is 11.4 Å². The summed E-state index contributed by atoms with van der Waals surface area (Å²) in [7, 11) is 1.81. The van der Waals surface area contributed by atoms with Crippen LogP contribution in [0.2, 0.25) is 5.02 Å². The molecular formula is C22H31ClIN5O3. The highest BCUT2D eigenvalue weighted by Gasteiger charge is 2.24. The third kappa shape index (κ3) is 7.03. The number of likely N-dealkylation sites (tertiary alicyclic amines) is 1. The summed E-state index contributed by atoms with van der Waals surface area (Å²) in [6, 6.07) is 7.39. The van der Waals surface area contributed by atoms with Crippen LogP contribution in [0, 0.1) is 0 Å². The zero-order valence-electron chi connectivity index (χ0n) is 18.3. The maximum atomic E-state index is 6.07. The molecule has 10 heteroatoms. The van der Waals surface area contributed by atoms with Crippen LogP contribution in [0.25, 0.3) is 11.4 Å². The topological polar surface area (TPSA) is 85.0 Å². The molecule has 2 aliphatic rings. The quantitative estimate of drug-likeness (QED) is 0.306. The Morgan fingerprint density at radius 2 is 2.03 bits per heavy atom. The molecule has 1 unspecified atom stereocenters. The summed E-state index contributed by atoms with van der Waals surface area (Å²) in [6.45, 7) is 4.12. The number of aliphatic imine (C=N–C) groups is 1. The minimum absolute atomic E-state index is 0. The van der Waals surface area contributed by atoms with Crippen LogP contribution in [0.1, 0.15) is 31.6 Å². The second kappa shape index (κ2) is 12.7. The van der Waals surface area contributed by atoms with Gasteiger partial charge in [0.15, 0.2) is 5.96 Å². The van der Waals surface area contributed by atoms with Gasteiger partial charge >= 0.3 is 0 Å². The van der Waals surface area contributed by atoms with Crippen LogP contribution in [-0.2, 0) is 15.9 Å². The van der Waals surface area contributed by atoms with E-state index in [-0.39, 0.29) is 30.1 Å². The minimum Gasteiger partial charge on any atom is -0.376 e. The molecule has 3 heterocycles. The Morgan fingerprint density at radius 1 is 1.25 bits per heavy atom. The van der Waals surface area contributed by atoms with Gasteiger partial charge in [-0.3, -0.25) is 4.99 Å². The molecular weight excluding hydrogens is 545 g/mol. The molecule has 0 radical (unpaired) electrons. The molecule has 32 heavy (non-hydrogen) atoms. The number of aromatic nitrogens is 2. The van der Waals surface area contributed by atoms with E-state index in [2.05, 4.69) is 25.3 Å². The lowest BCUT2D eigenvalue weighted by atomic mass is 10.1. The highest BCUT2D eigenvalue weighted by atomic mass is 127. The minimum atomic E-state index is 0. The average Bonchev–Trinajstić information content (AvgIpc) is 3.49. The normalized spacial score (nSPS) is 19.8. The van der Waals surface area contributed by atoms with Crippen LogP contribution in [0.5, 0.6) is 0 Å². The second-order valence-electron chi connectivity index (χ2n) is 7.90. The summed E-state index contributed by atoms with van der Waals surface area (Å²) in [5.41, 5.74) is 0.882. The molecule has 1 aromatic heterocycles. The van der Waals surface area contributed by atoms with Crippen LogP contribution in [0.4, 0.5) is 0 Å². The van der Waals surface area contributed by atoms with Gasteiger partial charge in [0, 0.05) is 50.3 Å². The van der Waals surface area contributed by atoms with Gasteiger partial charge in [0.2, 0.25) is 11.7 Å². The molecule has 0 amide bonds. The predicted molar refractivity (Wildman–Crippen MR) is 135 cm³/mol. The summed E-state index contributed by atoms with van der Waals surface area (Å²) < 4.78 is 17.1. The Kier molecular flexibility index (Phi) is 10.0. The highest BCUT2D eigenvalue weighted by molar-refractivity contribution is 14.0. The Hall–Kier alpha value is -1.43. The Morgan fingerprint density at radius 3 is 2.72 bits per heavy atom. The monoisotopic (exact) mass is 575 g/mol. The van der Waals surface area contributed by atoms with E-state index < -0.39 is 0 Å². The fraction of sp³-hybridized carbons (Fsp3) is 0.591. The molecule has 0 bridgehead atoms. The first kappa shape index (κ1) is 25.2. The number of ether oxygens (including phenoxy) is 2. The van der Waals surface area contributed by atoms with Gasteiger partial charge in [-0.2, -0.15) is 4.98 Å². The predicted octanol–water partition coefficient (Wildman–Crippen LogP) is 3.79. The van der Waals surface area contributed by atoms with Crippen molar-refractivity contribution in [3.63, 3.8) is 0 Å². The molecule has 1 atom stereocenters. The summed E-state index contributed by atoms with van der Waals surface area (Å²) in [6.07, 6.45) is 5.50. The number of guanidine groups is 1. The van der Waals surface area contributed by atoms with E-state index in [1.807, 2.05) is 31.3 Å². The summed E-state index contributed by atoms with van der Waals surface area (Å²) in [5.74, 6) is 2.06. The Balaban J connectivity index is 0.00000289. The average molecular weight is 576 g/mol. The molecule has 2 saturated heterocycles. The fourth-order valence-corrected chi connectivity index (χ4v) is 4.07. The van der Waals surface area contributed by atoms with E-state index in [1.165, 1.54) is 0 Å². The molecule has 0 saturated carbocycles. The van der Waals surface area contributed by atoms with E-state index in [1.54, 1.807) is 0 Å². The number of hydrogen-bond donors (Lipinski definition) is 1. The fourth-order valence-electron chi connectivity index (χ4n) is 3.94. The standard InChI is InChI=1S/C22H30ClN5O3.HI/c1-24-22(28-12-9-18(10-13-28)30-15-19-3-2-14-29-19)25-11-8-20-26-21(27-31-20)16-4-6-17(23)7-5-16;/h4-7,18-19H,2-3,8-15H2,1H3,(H,24,25);1H. The van der Waals surface area contributed by atoms with E-state index in [0.29, 0.717) is 35.8 Å². The summed E-state index contributed by atoms with van der Waals surface area (Å²) in [4.78, 5) is 11.2. The van der Waals surface area contributed by atoms with Gasteiger partial charge in [-0.1, -0.05) is 16.8 Å². The number of benzene rings is 1. The molecule has 2 aromatic rings. The van der Waals surface area contributed by atoms with E-state index >= 15 is 0 Å². The number of halogens is 2. The first-order valence-electron chi connectivity index (χ1n) is 11.0. The van der Waals surface area contributed by atoms with Crippen LogP contribution in [-0.4, -0.2) is 73.1 Å². The molecule has 2 fully saturated rings. The van der Waals surface area contributed by atoms with Gasteiger partial charge in [-0.15, -0.1) is 24.0 Å². The molecule has 176 valence electrons. The Labute approximate surface area is 211 Å². The van der Waals surface area contributed by atoms with E-state index in [0.717, 1.165) is 63.5 Å². The maximum absolute atomic E-state index is 6.07. The number of nitrogens with zero attached hydrogens (tertiary/aromatic N) is 4. The molecule has 8 nitrogen and oxygen atoms in total. The van der Waals surface area contributed by atoms with Gasteiger partial charge in [0.1, 0.15) is 0 Å². The van der Waals surface area contributed by atoms with Crippen molar-refractivity contribution in [2.75, 3.05) is 39.9 Å². The highest BCUT2D eigenvalue weighted by Crippen LogP contribution is 2.19. The zero-order chi connectivity index (χ0) is 21.5. The van der Waals surface area contributed by atoms with Crippen molar-refractivity contribution in [1.82, 2.24) is 20.4 Å². The van der Waals surface area contributed by atoms with Crippen molar-refractivity contribution < 1.29 is 14.0 Å². The van der Waals surface area contributed by atoms with Gasteiger partial charge < -0.3 is 24.2 Å². The molecule has 1 aromatic carbocycles. The van der Waals surface area contributed by atoms with Gasteiger partial charge in [-0.25, -0.2) is 0 Å². The third-order valence-electron chi connectivity index (χ3n) is 5.69. The van der Waals surface area contributed by atoms with E-state index in [4.69, 9.17) is 25.6 Å². The number of piperidine rings is 1. The summed E-state index contributed by atoms with van der Waals surface area (Å²) >= 11 is 5.93. The molecule has 2 aliphatic heterocycles. The second-order valence-corrected chi connectivity index (χ2v) is 8.33. The van der Waals surface area contributed by atoms with Crippen molar-refractivity contribution >= 4 is 41.5 Å². The molecule has 0 spiro atoms. The maximum Gasteiger partial charge on any atom is 0.228 e. The van der Waals surface area contributed by atoms with Gasteiger partial charge in [-0.05, 0) is 49.9 Å². The number of nitrogens with one attached hydrogen (secondary N) is 1. The van der Waals surface area contributed by atoms with Crippen LogP contribution >= 0.6 is 35.6 Å². The van der Waals surface area contributed by atoms with Crippen LogP contribution < -0.4 is 5.32 Å². The van der Waals surface area contributed by atoms with Crippen LogP contribution in [0.3, 0.4) is 0 Å². The number of rotatable bonds is 7. The van der Waals surface area contributed by atoms with Crippen molar-refractivity contribution in [2.45, 2.75) is 44.3 Å². The first-order chi connectivity index (χ1) is 15.2. The lowest BCUT2D eigenvalue weighted by Gasteiger charge is -2.34. The lowest BCUT2D eigenvalue weighted by Crippen LogP contribution is -2.47. The zero-order valence-corrected chi connectivity index (χ0v) is 21.4. The lowest BCUT2D eigenvalue weighted by molar-refractivity contribution is -0.0367. The largest absolute Gasteiger partial charge is 0.376 e. The smallest absolute Gasteiger partial charge is 0.228 e. The van der Waals surface area contributed by atoms with Crippen molar-refractivity contribution in [1.29, 1.82) is 0 Å². The first-order valence-corrected chi connectivity index (χ1v) is 11.4. The van der Waals surface area contributed by atoms with E-state index in [9.17, 15) is 0 Å². The van der Waals surface area contributed by atoms with Crippen molar-refractivity contribution in [2.24, 2.45) is 4.99 Å². The van der Waals surface area contributed by atoms with Gasteiger partial charge in [0.25, 0.3) is 0 Å². The van der Waals surface area contributed by atoms with Gasteiger partial charge in [0.05, 0.1) is 18.8 Å². The molecule has 0 aliphatic carbocycles. The number of hydrogen-bond acceptors (Lipinski definition) is 6. The Bertz CT molecular complexity index is 850.